The molecule has 0 amide bonds. The van der Waals surface area contributed by atoms with Crippen molar-refractivity contribution in [2.75, 3.05) is 43.1 Å². The van der Waals surface area contributed by atoms with Gasteiger partial charge in [-0.1, -0.05) is 11.6 Å². The van der Waals surface area contributed by atoms with Crippen molar-refractivity contribution < 1.29 is 4.74 Å². The monoisotopic (exact) mass is 309 g/mol. The van der Waals surface area contributed by atoms with Crippen LogP contribution in [-0.2, 0) is 4.74 Å². The van der Waals surface area contributed by atoms with Crippen LogP contribution in [-0.4, -0.2) is 47.8 Å². The summed E-state index contributed by atoms with van der Waals surface area (Å²) in [6.45, 7) is 3.79. The number of anilines is 2. The van der Waals surface area contributed by atoms with Gasteiger partial charge in [-0.3, -0.25) is 0 Å². The third-order valence-electron chi connectivity index (χ3n) is 3.75. The van der Waals surface area contributed by atoms with Crippen molar-refractivity contribution in [1.29, 1.82) is 0 Å². The van der Waals surface area contributed by atoms with E-state index in [0.717, 1.165) is 26.1 Å². The molecule has 2 aliphatic rings. The Labute approximate surface area is 129 Å². The molecule has 0 spiro atoms. The lowest BCUT2D eigenvalue weighted by Crippen LogP contribution is -2.37. The SMILES string of the molecule is Clc1nc(NCCC2=CCCC2)nc(N2CCOCC2)n1. The van der Waals surface area contributed by atoms with Crippen LogP contribution in [0.5, 0.6) is 0 Å². The molecule has 7 heteroatoms. The first-order valence-corrected chi connectivity index (χ1v) is 7.85. The minimum absolute atomic E-state index is 0.231. The number of allylic oxidation sites excluding steroid dienone is 1. The van der Waals surface area contributed by atoms with Crippen LogP contribution in [0.4, 0.5) is 11.9 Å². The van der Waals surface area contributed by atoms with Crippen molar-refractivity contribution in [1.82, 2.24) is 15.0 Å². The van der Waals surface area contributed by atoms with Gasteiger partial charge >= 0.3 is 0 Å². The lowest BCUT2D eigenvalue weighted by Gasteiger charge is -2.26. The number of ether oxygens (including phenoxy) is 1. The Bertz CT molecular complexity index is 516. The van der Waals surface area contributed by atoms with Crippen molar-refractivity contribution in [2.45, 2.75) is 25.7 Å². The molecule has 0 saturated carbocycles. The molecule has 1 N–H and O–H groups in total. The van der Waals surface area contributed by atoms with E-state index in [0.29, 0.717) is 25.1 Å². The Morgan fingerprint density at radius 3 is 2.86 bits per heavy atom. The minimum atomic E-state index is 0.231. The van der Waals surface area contributed by atoms with Gasteiger partial charge in [0.1, 0.15) is 0 Å². The average Bonchev–Trinajstić information content (AvgIpc) is 3.01. The fourth-order valence-corrected chi connectivity index (χ4v) is 2.78. The van der Waals surface area contributed by atoms with Gasteiger partial charge in [-0.05, 0) is 37.3 Å². The Morgan fingerprint density at radius 1 is 1.24 bits per heavy atom. The van der Waals surface area contributed by atoms with Crippen molar-refractivity contribution >= 4 is 23.5 Å². The Kier molecular flexibility index (Phi) is 4.87. The van der Waals surface area contributed by atoms with Gasteiger partial charge in [-0.15, -0.1) is 0 Å². The molecule has 1 aliphatic carbocycles. The predicted octanol–water partition coefficient (Wildman–Crippen LogP) is 2.27. The summed E-state index contributed by atoms with van der Waals surface area (Å²) in [7, 11) is 0. The van der Waals surface area contributed by atoms with Gasteiger partial charge in [0.05, 0.1) is 13.2 Å². The number of halogens is 1. The van der Waals surface area contributed by atoms with Crippen LogP contribution < -0.4 is 10.2 Å². The molecule has 114 valence electrons. The van der Waals surface area contributed by atoms with Crippen molar-refractivity contribution in [2.24, 2.45) is 0 Å². The molecule has 2 heterocycles. The molecular weight excluding hydrogens is 290 g/mol. The Morgan fingerprint density at radius 2 is 2.10 bits per heavy atom. The van der Waals surface area contributed by atoms with E-state index in [1.54, 1.807) is 0 Å². The smallest absolute Gasteiger partial charge is 0.231 e. The van der Waals surface area contributed by atoms with Crippen LogP contribution in [0.3, 0.4) is 0 Å². The van der Waals surface area contributed by atoms with Crippen molar-refractivity contribution in [3.63, 3.8) is 0 Å². The number of aromatic nitrogens is 3. The zero-order valence-corrected chi connectivity index (χ0v) is 12.8. The van der Waals surface area contributed by atoms with Crippen LogP contribution in [0.25, 0.3) is 0 Å². The minimum Gasteiger partial charge on any atom is -0.378 e. The first kappa shape index (κ1) is 14.5. The number of nitrogens with zero attached hydrogens (tertiary/aromatic N) is 4. The fraction of sp³-hybridized carbons (Fsp3) is 0.643. The molecule has 1 fully saturated rings. The largest absolute Gasteiger partial charge is 0.378 e. The van der Waals surface area contributed by atoms with Gasteiger partial charge in [0, 0.05) is 19.6 Å². The summed E-state index contributed by atoms with van der Waals surface area (Å²) in [6, 6.07) is 0. The lowest BCUT2D eigenvalue weighted by atomic mass is 10.2. The van der Waals surface area contributed by atoms with Crippen LogP contribution in [0.1, 0.15) is 25.7 Å². The van der Waals surface area contributed by atoms with Gasteiger partial charge in [0.2, 0.25) is 17.2 Å². The van der Waals surface area contributed by atoms with Crippen molar-refractivity contribution in [3.8, 4) is 0 Å². The molecule has 0 atom stereocenters. The standard InChI is InChI=1S/C14H20ClN5O/c15-12-17-13(16-6-5-11-3-1-2-4-11)19-14(18-12)20-7-9-21-10-8-20/h3H,1-2,4-10H2,(H,16,17,18,19). The molecule has 0 aromatic carbocycles. The number of nitrogens with one attached hydrogen (secondary N) is 1. The third kappa shape index (κ3) is 4.04. The molecular formula is C14H20ClN5O. The fourth-order valence-electron chi connectivity index (χ4n) is 2.62. The molecule has 1 aliphatic heterocycles. The maximum atomic E-state index is 6.00. The van der Waals surface area contributed by atoms with Crippen LogP contribution >= 0.6 is 11.6 Å². The summed E-state index contributed by atoms with van der Waals surface area (Å²) in [5.41, 5.74) is 1.52. The van der Waals surface area contributed by atoms with Gasteiger partial charge in [-0.25, -0.2) is 0 Å². The summed E-state index contributed by atoms with van der Waals surface area (Å²) in [5, 5.41) is 3.48. The van der Waals surface area contributed by atoms with Crippen LogP contribution in [0.2, 0.25) is 5.28 Å². The number of rotatable bonds is 5. The highest BCUT2D eigenvalue weighted by atomic mass is 35.5. The maximum absolute atomic E-state index is 6.00. The van der Waals surface area contributed by atoms with Crippen LogP contribution in [0.15, 0.2) is 11.6 Å². The second-order valence-electron chi connectivity index (χ2n) is 5.26. The van der Waals surface area contributed by atoms with E-state index in [1.807, 2.05) is 0 Å². The van der Waals surface area contributed by atoms with E-state index in [9.17, 15) is 0 Å². The number of morpholine rings is 1. The molecule has 0 unspecified atom stereocenters. The van der Waals surface area contributed by atoms with E-state index in [-0.39, 0.29) is 5.28 Å². The first-order valence-electron chi connectivity index (χ1n) is 7.47. The van der Waals surface area contributed by atoms with Gasteiger partial charge in [0.25, 0.3) is 0 Å². The molecule has 1 saturated heterocycles. The molecule has 6 nitrogen and oxygen atoms in total. The average molecular weight is 310 g/mol. The van der Waals surface area contributed by atoms with E-state index >= 15 is 0 Å². The predicted molar refractivity (Wildman–Crippen MR) is 82.9 cm³/mol. The normalized spacial score (nSPS) is 18.7. The molecule has 1 aromatic rings. The quantitative estimate of drug-likeness (QED) is 0.842. The second kappa shape index (κ2) is 7.04. The summed E-state index contributed by atoms with van der Waals surface area (Å²) in [5.74, 6) is 1.18. The Hall–Kier alpha value is -1.40. The first-order chi connectivity index (χ1) is 10.3. The molecule has 0 bridgehead atoms. The summed E-state index contributed by atoms with van der Waals surface area (Å²) in [4.78, 5) is 14.9. The van der Waals surface area contributed by atoms with E-state index in [2.05, 4.69) is 31.2 Å². The van der Waals surface area contributed by atoms with Crippen LogP contribution in [0, 0.1) is 0 Å². The summed E-state index contributed by atoms with van der Waals surface area (Å²) in [6.07, 6.45) is 7.10. The number of hydrogen-bond donors (Lipinski definition) is 1. The lowest BCUT2D eigenvalue weighted by molar-refractivity contribution is 0.122. The van der Waals surface area contributed by atoms with E-state index in [1.165, 1.54) is 24.8 Å². The molecule has 3 rings (SSSR count). The maximum Gasteiger partial charge on any atom is 0.231 e. The Balaban J connectivity index is 1.60. The second-order valence-corrected chi connectivity index (χ2v) is 5.60. The highest BCUT2D eigenvalue weighted by Gasteiger charge is 2.16. The highest BCUT2D eigenvalue weighted by Crippen LogP contribution is 2.20. The van der Waals surface area contributed by atoms with E-state index in [4.69, 9.17) is 16.3 Å². The van der Waals surface area contributed by atoms with Crippen molar-refractivity contribution in [3.05, 3.63) is 16.9 Å². The van der Waals surface area contributed by atoms with Gasteiger partial charge < -0.3 is 15.0 Å². The highest BCUT2D eigenvalue weighted by molar-refractivity contribution is 6.28. The summed E-state index contributed by atoms with van der Waals surface area (Å²) < 4.78 is 5.34. The number of hydrogen-bond acceptors (Lipinski definition) is 6. The van der Waals surface area contributed by atoms with E-state index < -0.39 is 0 Å². The molecule has 1 aromatic heterocycles. The zero-order valence-electron chi connectivity index (χ0n) is 12.0. The third-order valence-corrected chi connectivity index (χ3v) is 3.92. The topological polar surface area (TPSA) is 63.2 Å². The van der Waals surface area contributed by atoms with Gasteiger partial charge in [-0.2, -0.15) is 15.0 Å². The molecule has 21 heavy (non-hydrogen) atoms. The zero-order chi connectivity index (χ0) is 14.5. The summed E-state index contributed by atoms with van der Waals surface area (Å²) >= 11 is 6.00. The molecule has 0 radical (unpaired) electrons. The van der Waals surface area contributed by atoms with Gasteiger partial charge in [0.15, 0.2) is 0 Å².